The number of non-ortho nitro benzene ring substituents is 1. The van der Waals surface area contributed by atoms with Gasteiger partial charge in [-0.3, -0.25) is 10.1 Å². The number of nitrogens with zero attached hydrogens (tertiary/aromatic N) is 1. The van der Waals surface area contributed by atoms with Crippen LogP contribution in [0.5, 0.6) is 0 Å². The molecule has 1 aromatic rings. The average molecular weight is 264 g/mol. The Hall–Kier alpha value is -1.46. The Labute approximate surface area is 112 Å². The van der Waals surface area contributed by atoms with E-state index < -0.39 is 0 Å². The van der Waals surface area contributed by atoms with Crippen LogP contribution in [-0.4, -0.2) is 23.2 Å². The monoisotopic (exact) mass is 264 g/mol. The Morgan fingerprint density at radius 3 is 2.89 bits per heavy atom. The summed E-state index contributed by atoms with van der Waals surface area (Å²) < 4.78 is 0. The minimum atomic E-state index is -0.373. The van der Waals surface area contributed by atoms with Gasteiger partial charge in [-0.05, 0) is 36.8 Å². The number of aliphatic hydroxyl groups is 1. The van der Waals surface area contributed by atoms with Crippen molar-refractivity contribution in [3.63, 3.8) is 0 Å². The summed E-state index contributed by atoms with van der Waals surface area (Å²) in [6, 6.07) is 6.70. The first kappa shape index (κ1) is 14.0. The highest BCUT2D eigenvalue weighted by molar-refractivity contribution is 5.34. The fourth-order valence-electron chi connectivity index (χ4n) is 2.80. The topological polar surface area (TPSA) is 75.4 Å². The van der Waals surface area contributed by atoms with Crippen LogP contribution in [0.2, 0.25) is 0 Å². The smallest absolute Gasteiger partial charge is 0.269 e. The van der Waals surface area contributed by atoms with Crippen molar-refractivity contribution in [2.75, 3.05) is 13.2 Å². The van der Waals surface area contributed by atoms with E-state index in [1.54, 1.807) is 12.1 Å². The van der Waals surface area contributed by atoms with Gasteiger partial charge in [0.1, 0.15) is 0 Å². The van der Waals surface area contributed by atoms with Crippen LogP contribution in [0.3, 0.4) is 0 Å². The van der Waals surface area contributed by atoms with Crippen molar-refractivity contribution in [1.29, 1.82) is 0 Å². The van der Waals surface area contributed by atoms with Crippen molar-refractivity contribution in [3.8, 4) is 0 Å². The normalized spacial score (nSPS) is 22.6. The van der Waals surface area contributed by atoms with E-state index in [4.69, 9.17) is 0 Å². The number of rotatable bonds is 6. The lowest BCUT2D eigenvalue weighted by Crippen LogP contribution is -2.26. The number of hydrogen-bond donors (Lipinski definition) is 2. The molecule has 2 rings (SSSR count). The van der Waals surface area contributed by atoms with E-state index >= 15 is 0 Å². The van der Waals surface area contributed by atoms with Crippen LogP contribution in [0.4, 0.5) is 5.69 Å². The summed E-state index contributed by atoms with van der Waals surface area (Å²) in [5.74, 6) is 0.946. The first-order chi connectivity index (χ1) is 9.20. The van der Waals surface area contributed by atoms with E-state index in [1.807, 2.05) is 6.07 Å². The summed E-state index contributed by atoms with van der Waals surface area (Å²) in [7, 11) is 0. The molecule has 1 saturated carbocycles. The van der Waals surface area contributed by atoms with Crippen LogP contribution in [0.15, 0.2) is 24.3 Å². The van der Waals surface area contributed by atoms with Crippen LogP contribution in [0.1, 0.15) is 24.8 Å². The molecule has 0 radical (unpaired) electrons. The van der Waals surface area contributed by atoms with Gasteiger partial charge in [0.05, 0.1) is 4.92 Å². The molecule has 5 nitrogen and oxygen atoms in total. The molecule has 2 atom stereocenters. The van der Waals surface area contributed by atoms with Crippen molar-refractivity contribution in [2.24, 2.45) is 11.8 Å². The number of nitro benzene ring substituents is 1. The Bertz CT molecular complexity index is 436. The second kappa shape index (κ2) is 6.63. The summed E-state index contributed by atoms with van der Waals surface area (Å²) in [6.45, 7) is 1.77. The molecule has 1 aliphatic rings. The lowest BCUT2D eigenvalue weighted by Gasteiger charge is -2.17. The van der Waals surface area contributed by atoms with Gasteiger partial charge in [0.2, 0.25) is 0 Å². The van der Waals surface area contributed by atoms with Crippen molar-refractivity contribution in [3.05, 3.63) is 39.9 Å². The number of nitro groups is 1. The maximum Gasteiger partial charge on any atom is 0.269 e. The van der Waals surface area contributed by atoms with Gasteiger partial charge in [-0.25, -0.2) is 0 Å². The maximum atomic E-state index is 10.7. The molecule has 19 heavy (non-hydrogen) atoms. The van der Waals surface area contributed by atoms with Crippen molar-refractivity contribution in [2.45, 2.75) is 25.8 Å². The molecule has 2 unspecified atom stereocenters. The standard InChI is InChI=1S/C14H20N2O3/c17-10-13-5-2-4-12(13)9-15-8-11-3-1-6-14(7-11)16(18)19/h1,3,6-7,12-13,15,17H,2,4-5,8-10H2. The zero-order valence-corrected chi connectivity index (χ0v) is 10.9. The average Bonchev–Trinajstić information content (AvgIpc) is 2.86. The van der Waals surface area contributed by atoms with Gasteiger partial charge in [0, 0.05) is 25.3 Å². The van der Waals surface area contributed by atoms with Gasteiger partial charge in [-0.15, -0.1) is 0 Å². The van der Waals surface area contributed by atoms with E-state index in [1.165, 1.54) is 12.5 Å². The first-order valence-corrected chi connectivity index (χ1v) is 6.75. The molecule has 1 aromatic carbocycles. The number of aliphatic hydroxyl groups excluding tert-OH is 1. The minimum absolute atomic E-state index is 0.133. The summed E-state index contributed by atoms with van der Waals surface area (Å²) in [5.41, 5.74) is 1.06. The zero-order chi connectivity index (χ0) is 13.7. The molecule has 0 spiro atoms. The van der Waals surface area contributed by atoms with Crippen LogP contribution < -0.4 is 5.32 Å². The molecule has 0 bridgehead atoms. The summed E-state index contributed by atoms with van der Waals surface area (Å²) in [4.78, 5) is 10.3. The van der Waals surface area contributed by atoms with Crippen LogP contribution >= 0.6 is 0 Å². The molecule has 2 N–H and O–H groups in total. The van der Waals surface area contributed by atoms with Crippen molar-refractivity contribution in [1.82, 2.24) is 5.32 Å². The molecule has 0 amide bonds. The van der Waals surface area contributed by atoms with E-state index in [0.29, 0.717) is 18.4 Å². The molecule has 0 aliphatic heterocycles. The second-order valence-electron chi connectivity index (χ2n) is 5.19. The predicted molar refractivity (Wildman–Crippen MR) is 72.7 cm³/mol. The third kappa shape index (κ3) is 3.75. The zero-order valence-electron chi connectivity index (χ0n) is 10.9. The maximum absolute atomic E-state index is 10.7. The largest absolute Gasteiger partial charge is 0.396 e. The Morgan fingerprint density at radius 2 is 2.16 bits per heavy atom. The molecule has 104 valence electrons. The first-order valence-electron chi connectivity index (χ1n) is 6.75. The van der Waals surface area contributed by atoms with Crippen LogP contribution in [0.25, 0.3) is 0 Å². The van der Waals surface area contributed by atoms with E-state index in [0.717, 1.165) is 24.9 Å². The molecule has 5 heteroatoms. The van der Waals surface area contributed by atoms with E-state index in [-0.39, 0.29) is 17.2 Å². The second-order valence-corrected chi connectivity index (χ2v) is 5.19. The van der Waals surface area contributed by atoms with Gasteiger partial charge >= 0.3 is 0 Å². The highest BCUT2D eigenvalue weighted by Crippen LogP contribution is 2.30. The summed E-state index contributed by atoms with van der Waals surface area (Å²) in [5, 5.41) is 23.3. The lowest BCUT2D eigenvalue weighted by molar-refractivity contribution is -0.384. The van der Waals surface area contributed by atoms with Crippen molar-refractivity contribution < 1.29 is 10.0 Å². The van der Waals surface area contributed by atoms with Gasteiger partial charge in [0.25, 0.3) is 5.69 Å². The highest BCUT2D eigenvalue weighted by Gasteiger charge is 2.25. The number of hydrogen-bond acceptors (Lipinski definition) is 4. The van der Waals surface area contributed by atoms with Gasteiger partial charge < -0.3 is 10.4 Å². The molecule has 0 aromatic heterocycles. The number of benzene rings is 1. The fourth-order valence-corrected chi connectivity index (χ4v) is 2.80. The summed E-state index contributed by atoms with van der Waals surface area (Å²) in [6.07, 6.45) is 3.46. The van der Waals surface area contributed by atoms with Gasteiger partial charge in [0.15, 0.2) is 0 Å². The Balaban J connectivity index is 1.82. The summed E-state index contributed by atoms with van der Waals surface area (Å²) >= 11 is 0. The third-order valence-electron chi connectivity index (χ3n) is 3.91. The molecule has 0 heterocycles. The van der Waals surface area contributed by atoms with Crippen LogP contribution in [-0.2, 0) is 6.54 Å². The quantitative estimate of drug-likeness (QED) is 0.609. The Kier molecular flexibility index (Phi) is 4.87. The van der Waals surface area contributed by atoms with E-state index in [2.05, 4.69) is 5.32 Å². The molecular formula is C14H20N2O3. The highest BCUT2D eigenvalue weighted by atomic mass is 16.6. The molecule has 1 fully saturated rings. The predicted octanol–water partition coefficient (Wildman–Crippen LogP) is 2.09. The van der Waals surface area contributed by atoms with Crippen LogP contribution in [0, 0.1) is 22.0 Å². The fraction of sp³-hybridized carbons (Fsp3) is 0.571. The SMILES string of the molecule is O=[N+]([O-])c1cccc(CNCC2CCCC2CO)c1. The third-order valence-corrected chi connectivity index (χ3v) is 3.91. The minimum Gasteiger partial charge on any atom is -0.396 e. The molecular weight excluding hydrogens is 244 g/mol. The molecule has 0 saturated heterocycles. The number of nitrogens with one attached hydrogen (secondary N) is 1. The van der Waals surface area contributed by atoms with E-state index in [9.17, 15) is 15.2 Å². The van der Waals surface area contributed by atoms with Crippen molar-refractivity contribution >= 4 is 5.69 Å². The molecule has 1 aliphatic carbocycles. The lowest BCUT2D eigenvalue weighted by atomic mass is 9.97. The van der Waals surface area contributed by atoms with Gasteiger partial charge in [-0.1, -0.05) is 18.6 Å². The Morgan fingerprint density at radius 1 is 1.37 bits per heavy atom. The van der Waals surface area contributed by atoms with Gasteiger partial charge in [-0.2, -0.15) is 0 Å².